The first-order valence-corrected chi connectivity index (χ1v) is 11.3. The molecule has 1 amide bonds. The van der Waals surface area contributed by atoms with E-state index in [0.29, 0.717) is 12.4 Å². The third-order valence-corrected chi connectivity index (χ3v) is 5.66. The Kier molecular flexibility index (Phi) is 7.62. The van der Waals surface area contributed by atoms with E-state index in [1.807, 2.05) is 6.92 Å². The molecule has 3 aromatic rings. The van der Waals surface area contributed by atoms with Crippen molar-refractivity contribution in [3.05, 3.63) is 84.2 Å². The average Bonchev–Trinajstić information content (AvgIpc) is 2.78. The fourth-order valence-electron chi connectivity index (χ4n) is 2.75. The van der Waals surface area contributed by atoms with Gasteiger partial charge in [-0.25, -0.2) is 17.6 Å². The van der Waals surface area contributed by atoms with Crippen molar-refractivity contribution in [1.82, 2.24) is 0 Å². The van der Waals surface area contributed by atoms with E-state index >= 15 is 0 Å². The Hall–Kier alpha value is -3.92. The molecule has 33 heavy (non-hydrogen) atoms. The van der Waals surface area contributed by atoms with Gasteiger partial charge in [0.2, 0.25) is 0 Å². The van der Waals surface area contributed by atoms with Gasteiger partial charge in [-0.15, -0.1) is 0 Å². The molecule has 0 radical (unpaired) electrons. The molecule has 3 rings (SSSR count). The summed E-state index contributed by atoms with van der Waals surface area (Å²) in [6.45, 7) is 1.73. The third-order valence-electron chi connectivity index (χ3n) is 4.26. The molecule has 0 fully saturated rings. The molecular formula is C23H21FN2O6S. The monoisotopic (exact) mass is 472 g/mol. The van der Waals surface area contributed by atoms with Crippen LogP contribution in [0.4, 0.5) is 15.8 Å². The van der Waals surface area contributed by atoms with Crippen molar-refractivity contribution >= 4 is 33.3 Å². The number of anilines is 2. The Morgan fingerprint density at radius 2 is 1.64 bits per heavy atom. The molecule has 0 aliphatic rings. The van der Waals surface area contributed by atoms with Crippen molar-refractivity contribution in [2.45, 2.75) is 11.8 Å². The summed E-state index contributed by atoms with van der Waals surface area (Å²) in [7, 11) is -3.83. The number of hydrogen-bond acceptors (Lipinski definition) is 6. The Bertz CT molecular complexity index is 1230. The predicted octanol–water partition coefficient (Wildman–Crippen LogP) is 3.82. The van der Waals surface area contributed by atoms with Crippen LogP contribution >= 0.6 is 0 Å². The second kappa shape index (κ2) is 10.6. The zero-order chi connectivity index (χ0) is 23.8. The van der Waals surface area contributed by atoms with E-state index in [0.717, 1.165) is 6.07 Å². The highest BCUT2D eigenvalue weighted by Crippen LogP contribution is 2.20. The van der Waals surface area contributed by atoms with Gasteiger partial charge >= 0.3 is 5.97 Å². The summed E-state index contributed by atoms with van der Waals surface area (Å²) in [6.07, 6.45) is 0. The topological polar surface area (TPSA) is 111 Å². The van der Waals surface area contributed by atoms with E-state index in [1.54, 1.807) is 12.1 Å². The zero-order valence-electron chi connectivity index (χ0n) is 17.6. The number of ether oxygens (including phenoxy) is 2. The molecule has 0 bridgehead atoms. The van der Waals surface area contributed by atoms with Crippen molar-refractivity contribution in [3.8, 4) is 5.75 Å². The average molecular weight is 472 g/mol. The molecule has 8 nitrogen and oxygen atoms in total. The molecule has 0 atom stereocenters. The lowest BCUT2D eigenvalue weighted by atomic mass is 10.2. The molecule has 2 N–H and O–H groups in total. The van der Waals surface area contributed by atoms with Gasteiger partial charge in [0.25, 0.3) is 15.9 Å². The van der Waals surface area contributed by atoms with E-state index in [9.17, 15) is 22.4 Å². The zero-order valence-corrected chi connectivity index (χ0v) is 18.4. The lowest BCUT2D eigenvalue weighted by Crippen LogP contribution is -2.21. The maximum absolute atomic E-state index is 13.1. The van der Waals surface area contributed by atoms with E-state index < -0.39 is 34.3 Å². The van der Waals surface area contributed by atoms with Crippen LogP contribution in [-0.2, 0) is 19.6 Å². The van der Waals surface area contributed by atoms with Crippen LogP contribution < -0.4 is 14.8 Å². The van der Waals surface area contributed by atoms with Gasteiger partial charge in [-0.05, 0) is 73.7 Å². The Labute approximate surface area is 190 Å². The summed E-state index contributed by atoms with van der Waals surface area (Å²) in [4.78, 5) is 24.1. The van der Waals surface area contributed by atoms with Crippen molar-refractivity contribution < 1.29 is 31.9 Å². The van der Waals surface area contributed by atoms with Crippen LogP contribution in [0.25, 0.3) is 0 Å². The van der Waals surface area contributed by atoms with Crippen LogP contribution in [0.2, 0.25) is 0 Å². The number of esters is 1. The molecule has 10 heteroatoms. The summed E-state index contributed by atoms with van der Waals surface area (Å²) < 4.78 is 50.9. The lowest BCUT2D eigenvalue weighted by Gasteiger charge is -2.10. The highest BCUT2D eigenvalue weighted by Gasteiger charge is 2.15. The number of benzene rings is 3. The molecule has 0 unspecified atom stereocenters. The summed E-state index contributed by atoms with van der Waals surface area (Å²) >= 11 is 0. The van der Waals surface area contributed by atoms with E-state index in [2.05, 4.69) is 10.0 Å². The highest BCUT2D eigenvalue weighted by molar-refractivity contribution is 7.92. The van der Waals surface area contributed by atoms with Gasteiger partial charge in [0.15, 0.2) is 6.61 Å². The minimum Gasteiger partial charge on any atom is -0.494 e. The SMILES string of the molecule is CCOc1ccc(S(=O)(=O)Nc2ccc(C(=O)OCC(=O)Nc3cccc(F)c3)cc2)cc1. The molecule has 0 aromatic heterocycles. The summed E-state index contributed by atoms with van der Waals surface area (Å²) in [5.74, 6) is -1.36. The molecule has 0 aliphatic heterocycles. The fourth-order valence-corrected chi connectivity index (χ4v) is 3.81. The summed E-state index contributed by atoms with van der Waals surface area (Å²) in [5, 5.41) is 2.41. The summed E-state index contributed by atoms with van der Waals surface area (Å²) in [6, 6.07) is 16.8. The van der Waals surface area contributed by atoms with Gasteiger partial charge in [0.05, 0.1) is 17.1 Å². The Morgan fingerprint density at radius 3 is 2.27 bits per heavy atom. The van der Waals surface area contributed by atoms with Gasteiger partial charge in [0.1, 0.15) is 11.6 Å². The second-order valence-corrected chi connectivity index (χ2v) is 8.40. The quantitative estimate of drug-likeness (QED) is 0.458. The molecule has 0 heterocycles. The molecule has 0 aliphatic carbocycles. The predicted molar refractivity (Wildman–Crippen MR) is 120 cm³/mol. The maximum Gasteiger partial charge on any atom is 0.338 e. The van der Waals surface area contributed by atoms with Crippen molar-refractivity contribution in [2.24, 2.45) is 0 Å². The van der Waals surface area contributed by atoms with Crippen LogP contribution in [0, 0.1) is 5.82 Å². The normalized spacial score (nSPS) is 10.8. The van der Waals surface area contributed by atoms with Crippen molar-refractivity contribution in [1.29, 1.82) is 0 Å². The first-order chi connectivity index (χ1) is 15.8. The number of carbonyl (C=O) groups is 2. The minimum atomic E-state index is -3.83. The Morgan fingerprint density at radius 1 is 0.939 bits per heavy atom. The number of nitrogens with one attached hydrogen (secondary N) is 2. The van der Waals surface area contributed by atoms with Crippen LogP contribution in [0.3, 0.4) is 0 Å². The molecule has 3 aromatic carbocycles. The van der Waals surface area contributed by atoms with Crippen molar-refractivity contribution in [3.63, 3.8) is 0 Å². The number of carbonyl (C=O) groups excluding carboxylic acids is 2. The number of hydrogen-bond donors (Lipinski definition) is 2. The molecule has 0 spiro atoms. The minimum absolute atomic E-state index is 0.0544. The van der Waals surface area contributed by atoms with E-state index in [4.69, 9.17) is 9.47 Å². The highest BCUT2D eigenvalue weighted by atomic mass is 32.2. The number of amides is 1. The van der Waals surface area contributed by atoms with Gasteiger partial charge in [-0.2, -0.15) is 0 Å². The molecular weight excluding hydrogens is 451 g/mol. The van der Waals surface area contributed by atoms with Crippen LogP contribution in [-0.4, -0.2) is 33.5 Å². The van der Waals surface area contributed by atoms with Gasteiger partial charge in [0, 0.05) is 11.4 Å². The first-order valence-electron chi connectivity index (χ1n) is 9.85. The number of rotatable bonds is 9. The molecule has 172 valence electrons. The van der Waals surface area contributed by atoms with Gasteiger partial charge in [-0.1, -0.05) is 6.07 Å². The fraction of sp³-hybridized carbons (Fsp3) is 0.130. The largest absolute Gasteiger partial charge is 0.494 e. The van der Waals surface area contributed by atoms with Gasteiger partial charge < -0.3 is 14.8 Å². The third kappa shape index (κ3) is 6.78. The van der Waals surface area contributed by atoms with Crippen LogP contribution in [0.1, 0.15) is 17.3 Å². The second-order valence-electron chi connectivity index (χ2n) is 6.72. The van der Waals surface area contributed by atoms with Gasteiger partial charge in [-0.3, -0.25) is 9.52 Å². The Balaban J connectivity index is 1.55. The van der Waals surface area contributed by atoms with Crippen LogP contribution in [0.15, 0.2) is 77.7 Å². The standard InChI is InChI=1S/C23H21FN2O6S/c1-2-31-20-10-12-21(13-11-20)33(29,30)26-18-8-6-16(7-9-18)23(28)32-15-22(27)25-19-5-3-4-17(24)14-19/h3-14,26H,2,15H2,1H3,(H,25,27). The molecule has 0 saturated carbocycles. The lowest BCUT2D eigenvalue weighted by molar-refractivity contribution is -0.119. The molecule has 0 saturated heterocycles. The summed E-state index contributed by atoms with van der Waals surface area (Å²) in [5.41, 5.74) is 0.599. The smallest absolute Gasteiger partial charge is 0.338 e. The first kappa shape index (κ1) is 23.7. The number of sulfonamides is 1. The van der Waals surface area contributed by atoms with E-state index in [-0.39, 0.29) is 21.8 Å². The maximum atomic E-state index is 13.1. The number of halogens is 1. The van der Waals surface area contributed by atoms with Crippen LogP contribution in [0.5, 0.6) is 5.75 Å². The van der Waals surface area contributed by atoms with E-state index in [1.165, 1.54) is 54.6 Å². The van der Waals surface area contributed by atoms with Crippen molar-refractivity contribution in [2.75, 3.05) is 23.3 Å².